The molecule has 30 heavy (non-hydrogen) atoms. The number of quaternary nitrogens is 2. The first-order chi connectivity index (χ1) is 14.6. The van der Waals surface area contributed by atoms with Gasteiger partial charge in [-0.25, -0.2) is 4.90 Å². The van der Waals surface area contributed by atoms with Crippen LogP contribution in [-0.2, 0) is 16.1 Å². The molecule has 2 aromatic carbocycles. The van der Waals surface area contributed by atoms with Gasteiger partial charge < -0.3 is 15.0 Å². The number of ether oxygens (including phenoxy) is 1. The molecule has 2 aromatic rings. The molecule has 2 saturated heterocycles. The second-order valence-corrected chi connectivity index (χ2v) is 8.25. The lowest BCUT2D eigenvalue weighted by Crippen LogP contribution is -3.14. The van der Waals surface area contributed by atoms with Crippen molar-refractivity contribution >= 4 is 17.5 Å². The van der Waals surface area contributed by atoms with Gasteiger partial charge in [0.1, 0.15) is 12.3 Å². The number of amides is 2. The lowest BCUT2D eigenvalue weighted by Gasteiger charge is -2.29. The van der Waals surface area contributed by atoms with Crippen molar-refractivity contribution in [3.05, 3.63) is 60.2 Å². The van der Waals surface area contributed by atoms with Crippen LogP contribution in [-0.4, -0.2) is 43.6 Å². The van der Waals surface area contributed by atoms with Gasteiger partial charge in [-0.2, -0.15) is 0 Å². The number of anilines is 1. The summed E-state index contributed by atoms with van der Waals surface area (Å²) >= 11 is 0. The van der Waals surface area contributed by atoms with E-state index in [4.69, 9.17) is 4.74 Å². The van der Waals surface area contributed by atoms with Crippen LogP contribution in [0.5, 0.6) is 5.75 Å². The fourth-order valence-electron chi connectivity index (χ4n) is 4.57. The summed E-state index contributed by atoms with van der Waals surface area (Å²) in [6.07, 6.45) is 2.43. The van der Waals surface area contributed by atoms with Crippen LogP contribution in [0.1, 0.15) is 31.7 Å². The van der Waals surface area contributed by atoms with E-state index < -0.39 is 0 Å². The lowest BCUT2D eigenvalue weighted by atomic mass is 10.0. The second-order valence-electron chi connectivity index (χ2n) is 8.25. The van der Waals surface area contributed by atoms with E-state index in [9.17, 15) is 9.59 Å². The molecule has 6 nitrogen and oxygen atoms in total. The third-order valence-corrected chi connectivity index (χ3v) is 6.13. The summed E-state index contributed by atoms with van der Waals surface area (Å²) in [5.41, 5.74) is 2.00. The van der Waals surface area contributed by atoms with Gasteiger partial charge in [0.15, 0.2) is 6.04 Å². The molecule has 6 heteroatoms. The van der Waals surface area contributed by atoms with Crippen molar-refractivity contribution in [2.45, 2.75) is 44.8 Å². The highest BCUT2D eigenvalue weighted by Crippen LogP contribution is 2.24. The van der Waals surface area contributed by atoms with Crippen molar-refractivity contribution in [3.8, 4) is 5.75 Å². The number of likely N-dealkylation sites (tertiary alicyclic amines) is 1. The predicted octanol–water partition coefficient (Wildman–Crippen LogP) is 0.528. The number of nitrogens with zero attached hydrogens (tertiary/aromatic N) is 1. The summed E-state index contributed by atoms with van der Waals surface area (Å²) in [6, 6.07) is 17.9. The predicted molar refractivity (Wildman–Crippen MR) is 114 cm³/mol. The third kappa shape index (κ3) is 4.71. The monoisotopic (exact) mass is 409 g/mol. The second kappa shape index (κ2) is 9.41. The van der Waals surface area contributed by atoms with Crippen molar-refractivity contribution in [3.63, 3.8) is 0 Å². The Morgan fingerprint density at radius 3 is 2.40 bits per heavy atom. The normalized spacial score (nSPS) is 24.3. The maximum Gasteiger partial charge on any atom is 0.292 e. The highest BCUT2D eigenvalue weighted by atomic mass is 16.5. The lowest BCUT2D eigenvalue weighted by molar-refractivity contribution is -0.926. The van der Waals surface area contributed by atoms with Crippen LogP contribution in [0.2, 0.25) is 0 Å². The van der Waals surface area contributed by atoms with Gasteiger partial charge in [-0.05, 0) is 31.2 Å². The maximum absolute atomic E-state index is 12.9. The van der Waals surface area contributed by atoms with E-state index >= 15 is 0 Å². The summed E-state index contributed by atoms with van der Waals surface area (Å²) in [5, 5.41) is 2.15. The number of nitrogens with two attached hydrogens (primary N) is 1. The topological polar surface area (TPSA) is 67.7 Å². The minimum absolute atomic E-state index is 0.0942. The minimum atomic E-state index is -0.301. The number of piperidine rings is 1. The zero-order chi connectivity index (χ0) is 20.9. The van der Waals surface area contributed by atoms with Gasteiger partial charge in [0.2, 0.25) is 5.91 Å². The Morgan fingerprint density at radius 1 is 1.03 bits per heavy atom. The van der Waals surface area contributed by atoms with Crippen molar-refractivity contribution in [1.82, 2.24) is 0 Å². The Hall–Kier alpha value is -2.70. The number of imide groups is 1. The molecule has 0 aromatic heterocycles. The number of nitrogens with one attached hydrogen (secondary N) is 1. The Morgan fingerprint density at radius 2 is 1.73 bits per heavy atom. The van der Waals surface area contributed by atoms with Gasteiger partial charge in [0.25, 0.3) is 5.91 Å². The molecule has 2 amide bonds. The molecule has 0 bridgehead atoms. The molecule has 1 atom stereocenters. The fraction of sp³-hybridized carbons (Fsp3) is 0.417. The molecule has 3 N–H and O–H groups in total. The summed E-state index contributed by atoms with van der Waals surface area (Å²) in [5.74, 6) is 0.536. The maximum atomic E-state index is 12.9. The Bertz CT molecular complexity index is 861. The first kappa shape index (κ1) is 20.6. The van der Waals surface area contributed by atoms with E-state index in [1.165, 1.54) is 10.5 Å². The van der Waals surface area contributed by atoms with Crippen LogP contribution >= 0.6 is 0 Å². The van der Waals surface area contributed by atoms with Crippen LogP contribution < -0.4 is 19.9 Å². The van der Waals surface area contributed by atoms with E-state index in [0.29, 0.717) is 18.3 Å². The average Bonchev–Trinajstić information content (AvgIpc) is 3.04. The molecular weight excluding hydrogens is 378 g/mol. The van der Waals surface area contributed by atoms with Crippen LogP contribution in [0.15, 0.2) is 54.6 Å². The number of hydrogen-bond donors (Lipinski definition) is 2. The van der Waals surface area contributed by atoms with E-state index in [-0.39, 0.29) is 24.3 Å². The van der Waals surface area contributed by atoms with Crippen LogP contribution in [0.25, 0.3) is 0 Å². The van der Waals surface area contributed by atoms with E-state index in [2.05, 4.69) is 35.6 Å². The fourth-order valence-corrected chi connectivity index (χ4v) is 4.57. The number of hydrogen-bond acceptors (Lipinski definition) is 3. The number of carbonyl (C=O) groups excluding carboxylic acids is 2. The molecule has 2 aliphatic rings. The molecule has 0 aliphatic carbocycles. The Kier molecular flexibility index (Phi) is 6.45. The SMILES string of the molecule is CCOc1ccc(N2C(=O)C[C@H]([NH2+]C3CC[NH+](Cc4ccccc4)CC3)C2=O)cc1. The van der Waals surface area contributed by atoms with Crippen LogP contribution in [0, 0.1) is 0 Å². The molecule has 0 spiro atoms. The first-order valence-corrected chi connectivity index (χ1v) is 11.0. The largest absolute Gasteiger partial charge is 0.494 e. The van der Waals surface area contributed by atoms with E-state index in [1.807, 2.05) is 19.1 Å². The smallest absolute Gasteiger partial charge is 0.292 e. The standard InChI is InChI=1S/C24H29N3O3/c1-2-30-21-10-8-20(9-11-21)27-23(28)16-22(24(27)29)25-19-12-14-26(15-13-19)17-18-6-4-3-5-7-18/h3-11,19,22,25H,2,12-17H2,1H3/p+2/t22-/m0/s1. The zero-order valence-corrected chi connectivity index (χ0v) is 17.5. The minimum Gasteiger partial charge on any atom is -0.494 e. The van der Waals surface area contributed by atoms with Gasteiger partial charge in [0.05, 0.1) is 37.8 Å². The molecular formula is C24H31N3O3+2. The van der Waals surface area contributed by atoms with Gasteiger partial charge in [-0.15, -0.1) is 0 Å². The first-order valence-electron chi connectivity index (χ1n) is 11.0. The molecule has 2 aliphatic heterocycles. The van der Waals surface area contributed by atoms with Crippen LogP contribution in [0.3, 0.4) is 0 Å². The molecule has 4 rings (SSSR count). The molecule has 158 valence electrons. The number of rotatable bonds is 7. The molecule has 2 heterocycles. The number of benzene rings is 2. The zero-order valence-electron chi connectivity index (χ0n) is 17.5. The van der Waals surface area contributed by atoms with Gasteiger partial charge >= 0.3 is 0 Å². The summed E-state index contributed by atoms with van der Waals surface area (Å²) in [6.45, 7) is 5.78. The van der Waals surface area contributed by atoms with Crippen molar-refractivity contribution < 1.29 is 24.5 Å². The Balaban J connectivity index is 1.30. The molecule has 0 radical (unpaired) electrons. The third-order valence-electron chi connectivity index (χ3n) is 6.13. The molecule has 2 fully saturated rings. The molecule has 0 saturated carbocycles. The Labute approximate surface area is 177 Å². The number of carbonyl (C=O) groups is 2. The van der Waals surface area contributed by atoms with Gasteiger partial charge in [-0.1, -0.05) is 30.3 Å². The summed E-state index contributed by atoms with van der Waals surface area (Å²) in [7, 11) is 0. The highest BCUT2D eigenvalue weighted by molar-refractivity contribution is 6.21. The van der Waals surface area contributed by atoms with E-state index in [0.717, 1.165) is 38.2 Å². The van der Waals surface area contributed by atoms with Gasteiger partial charge in [0, 0.05) is 18.4 Å². The summed E-state index contributed by atoms with van der Waals surface area (Å²) < 4.78 is 5.45. The quantitative estimate of drug-likeness (QED) is 0.656. The van der Waals surface area contributed by atoms with Crippen molar-refractivity contribution in [2.75, 3.05) is 24.6 Å². The van der Waals surface area contributed by atoms with Crippen LogP contribution in [0.4, 0.5) is 5.69 Å². The van der Waals surface area contributed by atoms with Crippen molar-refractivity contribution in [2.24, 2.45) is 0 Å². The van der Waals surface area contributed by atoms with Crippen molar-refractivity contribution in [1.29, 1.82) is 0 Å². The average molecular weight is 410 g/mol. The highest BCUT2D eigenvalue weighted by Gasteiger charge is 2.44. The van der Waals surface area contributed by atoms with E-state index in [1.54, 1.807) is 17.0 Å². The van der Waals surface area contributed by atoms with Gasteiger partial charge in [-0.3, -0.25) is 9.59 Å². The summed E-state index contributed by atoms with van der Waals surface area (Å²) in [4.78, 5) is 28.4. The molecule has 0 unspecified atom stereocenters.